The molecule has 1 saturated heterocycles. The minimum Gasteiger partial charge on any atom is -0.480 e. The SMILES string of the molecule is O=C(O)COc1ccc(/C=C2\C(=O)NC(=O)N(c3cccc(Cl)c3)C2=O)cc1Cl. The van der Waals surface area contributed by atoms with Crippen LogP contribution >= 0.6 is 23.2 Å². The molecule has 148 valence electrons. The van der Waals surface area contributed by atoms with Crippen LogP contribution in [0.3, 0.4) is 0 Å². The standard InChI is InChI=1S/C19H12Cl2N2O6/c20-11-2-1-3-12(8-11)23-18(27)13(17(26)22-19(23)28)6-10-4-5-15(14(21)7-10)29-9-16(24)25/h1-8H,9H2,(H,24,25)(H,22,26,28)/b13-6+. The number of hydrogen-bond acceptors (Lipinski definition) is 5. The lowest BCUT2D eigenvalue weighted by Crippen LogP contribution is -2.54. The first-order valence-corrected chi connectivity index (χ1v) is 8.83. The van der Waals surface area contributed by atoms with Crippen molar-refractivity contribution in [3.8, 4) is 5.75 Å². The van der Waals surface area contributed by atoms with Crippen LogP contribution in [-0.2, 0) is 14.4 Å². The van der Waals surface area contributed by atoms with E-state index >= 15 is 0 Å². The van der Waals surface area contributed by atoms with Crippen LogP contribution in [0.1, 0.15) is 5.56 Å². The third-order valence-electron chi connectivity index (χ3n) is 3.79. The maximum atomic E-state index is 12.8. The van der Waals surface area contributed by atoms with Crippen molar-refractivity contribution in [2.75, 3.05) is 11.5 Å². The van der Waals surface area contributed by atoms with Crippen molar-refractivity contribution in [3.63, 3.8) is 0 Å². The second-order valence-electron chi connectivity index (χ2n) is 5.81. The maximum absolute atomic E-state index is 12.8. The van der Waals surface area contributed by atoms with Gasteiger partial charge in [-0.05, 0) is 42.0 Å². The van der Waals surface area contributed by atoms with E-state index < -0.39 is 30.4 Å². The second-order valence-corrected chi connectivity index (χ2v) is 6.65. The fourth-order valence-corrected chi connectivity index (χ4v) is 2.97. The van der Waals surface area contributed by atoms with Gasteiger partial charge in [-0.2, -0.15) is 0 Å². The number of amides is 4. The number of aliphatic carboxylic acids is 1. The van der Waals surface area contributed by atoms with Gasteiger partial charge in [-0.1, -0.05) is 35.3 Å². The van der Waals surface area contributed by atoms with Crippen LogP contribution in [0, 0.1) is 0 Å². The van der Waals surface area contributed by atoms with E-state index in [1.54, 1.807) is 12.1 Å². The Bertz CT molecular complexity index is 1070. The Balaban J connectivity index is 1.92. The van der Waals surface area contributed by atoms with Gasteiger partial charge in [0.2, 0.25) is 0 Å². The molecule has 1 aliphatic heterocycles. The Hall–Kier alpha value is -3.36. The van der Waals surface area contributed by atoms with Gasteiger partial charge < -0.3 is 9.84 Å². The van der Waals surface area contributed by atoms with Crippen molar-refractivity contribution in [2.24, 2.45) is 0 Å². The highest BCUT2D eigenvalue weighted by Crippen LogP contribution is 2.28. The van der Waals surface area contributed by atoms with Crippen molar-refractivity contribution in [1.82, 2.24) is 5.32 Å². The minimum absolute atomic E-state index is 0.0899. The van der Waals surface area contributed by atoms with Crippen LogP contribution in [-0.4, -0.2) is 35.5 Å². The summed E-state index contributed by atoms with van der Waals surface area (Å²) in [5.41, 5.74) is 0.283. The van der Waals surface area contributed by atoms with Crippen molar-refractivity contribution in [3.05, 3.63) is 63.6 Å². The summed E-state index contributed by atoms with van der Waals surface area (Å²) in [4.78, 5) is 48.5. The van der Waals surface area contributed by atoms with Crippen LogP contribution in [0.2, 0.25) is 10.0 Å². The van der Waals surface area contributed by atoms with Gasteiger partial charge in [-0.25, -0.2) is 14.5 Å². The quantitative estimate of drug-likeness (QED) is 0.551. The van der Waals surface area contributed by atoms with Crippen LogP contribution < -0.4 is 15.0 Å². The molecule has 0 bridgehead atoms. The van der Waals surface area contributed by atoms with Crippen molar-refractivity contribution in [1.29, 1.82) is 0 Å². The molecule has 10 heteroatoms. The number of carboxylic acids is 1. The topological polar surface area (TPSA) is 113 Å². The molecule has 4 amide bonds. The molecule has 0 radical (unpaired) electrons. The van der Waals surface area contributed by atoms with E-state index in [1.807, 2.05) is 0 Å². The number of anilines is 1. The zero-order valence-electron chi connectivity index (χ0n) is 14.5. The highest BCUT2D eigenvalue weighted by Gasteiger charge is 2.36. The number of imide groups is 2. The number of carbonyl (C=O) groups is 4. The van der Waals surface area contributed by atoms with Gasteiger partial charge in [-0.15, -0.1) is 0 Å². The molecule has 0 aliphatic carbocycles. The predicted molar refractivity (Wildman–Crippen MR) is 105 cm³/mol. The molecular weight excluding hydrogens is 423 g/mol. The molecule has 2 aromatic carbocycles. The molecule has 1 fully saturated rings. The van der Waals surface area contributed by atoms with Crippen molar-refractivity contribution in [2.45, 2.75) is 0 Å². The number of carbonyl (C=O) groups excluding carboxylic acids is 3. The predicted octanol–water partition coefficient (Wildman–Crippen LogP) is 3.12. The lowest BCUT2D eigenvalue weighted by atomic mass is 10.1. The number of nitrogens with zero attached hydrogens (tertiary/aromatic N) is 1. The fourth-order valence-electron chi connectivity index (χ4n) is 2.54. The molecule has 0 aromatic heterocycles. The first-order chi connectivity index (χ1) is 13.8. The average molecular weight is 435 g/mol. The zero-order valence-corrected chi connectivity index (χ0v) is 16.0. The van der Waals surface area contributed by atoms with Gasteiger partial charge in [0.05, 0.1) is 10.7 Å². The number of ether oxygens (including phenoxy) is 1. The number of hydrogen-bond donors (Lipinski definition) is 2. The molecule has 3 rings (SSSR count). The third-order valence-corrected chi connectivity index (χ3v) is 4.32. The van der Waals surface area contributed by atoms with E-state index in [2.05, 4.69) is 5.32 Å². The highest BCUT2D eigenvalue weighted by atomic mass is 35.5. The van der Waals surface area contributed by atoms with Gasteiger partial charge in [0.15, 0.2) is 6.61 Å². The van der Waals surface area contributed by atoms with E-state index in [-0.39, 0.29) is 22.0 Å². The average Bonchev–Trinajstić information content (AvgIpc) is 2.64. The van der Waals surface area contributed by atoms with E-state index in [1.165, 1.54) is 36.4 Å². The summed E-state index contributed by atoms with van der Waals surface area (Å²) in [7, 11) is 0. The van der Waals surface area contributed by atoms with Crippen LogP contribution in [0.4, 0.5) is 10.5 Å². The number of barbiturate groups is 1. The van der Waals surface area contributed by atoms with Crippen LogP contribution in [0.15, 0.2) is 48.0 Å². The van der Waals surface area contributed by atoms with E-state index in [0.29, 0.717) is 10.6 Å². The highest BCUT2D eigenvalue weighted by molar-refractivity contribution is 6.39. The summed E-state index contributed by atoms with van der Waals surface area (Å²) >= 11 is 12.0. The lowest BCUT2D eigenvalue weighted by Gasteiger charge is -2.26. The Labute approximate surface area is 174 Å². The molecule has 0 atom stereocenters. The molecule has 29 heavy (non-hydrogen) atoms. The van der Waals surface area contributed by atoms with Crippen molar-refractivity contribution >= 4 is 58.8 Å². The van der Waals surface area contributed by atoms with Crippen LogP contribution in [0.25, 0.3) is 6.08 Å². The molecular formula is C19H12Cl2N2O6. The molecule has 2 N–H and O–H groups in total. The third kappa shape index (κ3) is 4.56. The van der Waals surface area contributed by atoms with E-state index in [9.17, 15) is 19.2 Å². The van der Waals surface area contributed by atoms with Gasteiger partial charge in [0.1, 0.15) is 11.3 Å². The van der Waals surface area contributed by atoms with E-state index in [0.717, 1.165) is 4.90 Å². The molecule has 0 saturated carbocycles. The Morgan fingerprint density at radius 2 is 1.90 bits per heavy atom. The monoisotopic (exact) mass is 434 g/mol. The summed E-state index contributed by atoms with van der Waals surface area (Å²) in [5, 5.41) is 11.2. The summed E-state index contributed by atoms with van der Waals surface area (Å²) in [6.07, 6.45) is 1.26. The number of halogens is 2. The number of urea groups is 1. The minimum atomic E-state index is -1.16. The summed E-state index contributed by atoms with van der Waals surface area (Å²) in [6, 6.07) is 9.45. The summed E-state index contributed by atoms with van der Waals surface area (Å²) in [5.74, 6) is -2.72. The molecule has 0 spiro atoms. The van der Waals surface area contributed by atoms with Gasteiger partial charge in [-0.3, -0.25) is 14.9 Å². The number of carboxylic acid groups (broad SMARTS) is 1. The fraction of sp³-hybridized carbons (Fsp3) is 0.0526. The number of rotatable bonds is 5. The number of benzene rings is 2. The largest absolute Gasteiger partial charge is 0.480 e. The van der Waals surface area contributed by atoms with Crippen molar-refractivity contribution < 1.29 is 29.0 Å². The zero-order chi connectivity index (χ0) is 21.1. The summed E-state index contributed by atoms with van der Waals surface area (Å²) in [6.45, 7) is -0.572. The maximum Gasteiger partial charge on any atom is 0.341 e. The first-order valence-electron chi connectivity index (χ1n) is 8.07. The Morgan fingerprint density at radius 1 is 1.14 bits per heavy atom. The molecule has 1 aliphatic rings. The smallest absolute Gasteiger partial charge is 0.341 e. The van der Waals surface area contributed by atoms with E-state index in [4.69, 9.17) is 33.0 Å². The molecule has 2 aromatic rings. The first kappa shape index (κ1) is 20.4. The second kappa shape index (κ2) is 8.34. The van der Waals surface area contributed by atoms with Gasteiger partial charge >= 0.3 is 12.0 Å². The molecule has 0 unspecified atom stereocenters. The summed E-state index contributed by atoms with van der Waals surface area (Å²) < 4.78 is 5.02. The Morgan fingerprint density at radius 3 is 2.55 bits per heavy atom. The van der Waals surface area contributed by atoms with Gasteiger partial charge in [0.25, 0.3) is 11.8 Å². The van der Waals surface area contributed by atoms with Crippen LogP contribution in [0.5, 0.6) is 5.75 Å². The molecule has 8 nitrogen and oxygen atoms in total. The lowest BCUT2D eigenvalue weighted by molar-refractivity contribution is -0.139. The molecule has 1 heterocycles. The number of nitrogens with one attached hydrogen (secondary N) is 1. The van der Waals surface area contributed by atoms with Gasteiger partial charge in [0, 0.05) is 5.02 Å². The Kier molecular flexibility index (Phi) is 5.86. The normalized spacial score (nSPS) is 15.4.